The summed E-state index contributed by atoms with van der Waals surface area (Å²) in [7, 11) is 1.87. The van der Waals surface area contributed by atoms with Crippen LogP contribution in [0, 0.1) is 5.92 Å². The lowest BCUT2D eigenvalue weighted by Crippen LogP contribution is -2.40. The molecule has 1 unspecified atom stereocenters. The zero-order valence-electron chi connectivity index (χ0n) is 20.8. The predicted octanol–water partition coefficient (Wildman–Crippen LogP) is 4.93. The van der Waals surface area contributed by atoms with Gasteiger partial charge in [0.2, 0.25) is 5.91 Å². The molecule has 5 nitrogen and oxygen atoms in total. The maximum absolute atomic E-state index is 13.1. The highest BCUT2D eigenvalue weighted by Crippen LogP contribution is 2.24. The average molecular weight is 462 g/mol. The molecule has 0 aliphatic carbocycles. The summed E-state index contributed by atoms with van der Waals surface area (Å²) >= 11 is 0. The minimum atomic E-state index is 0.0254. The number of benzene rings is 2. The van der Waals surface area contributed by atoms with E-state index in [1.807, 2.05) is 59.3 Å². The zero-order valence-corrected chi connectivity index (χ0v) is 20.8. The molecule has 4 rings (SSSR count). The van der Waals surface area contributed by atoms with E-state index in [-0.39, 0.29) is 17.9 Å². The van der Waals surface area contributed by atoms with Gasteiger partial charge in [0.05, 0.1) is 6.04 Å². The molecule has 0 bridgehead atoms. The third-order valence-electron chi connectivity index (χ3n) is 7.53. The quantitative estimate of drug-likeness (QED) is 0.498. The molecule has 2 heterocycles. The van der Waals surface area contributed by atoms with Crippen LogP contribution in [0.1, 0.15) is 55.8 Å². The number of carbonyl (C=O) groups is 2. The van der Waals surface area contributed by atoms with Crippen LogP contribution in [0.15, 0.2) is 54.6 Å². The first-order valence-electron chi connectivity index (χ1n) is 13.0. The van der Waals surface area contributed by atoms with Crippen molar-refractivity contribution >= 4 is 11.8 Å². The van der Waals surface area contributed by atoms with Gasteiger partial charge in [-0.25, -0.2) is 0 Å². The maximum atomic E-state index is 13.1. The van der Waals surface area contributed by atoms with E-state index in [1.165, 1.54) is 25.8 Å². The fourth-order valence-corrected chi connectivity index (χ4v) is 5.33. The number of nitrogens with zero attached hydrogens (tertiary/aromatic N) is 3. The zero-order chi connectivity index (χ0) is 23.9. The average Bonchev–Trinajstić information content (AvgIpc) is 3.54. The Hall–Kier alpha value is -2.66. The third-order valence-corrected chi connectivity index (χ3v) is 7.53. The van der Waals surface area contributed by atoms with Crippen molar-refractivity contribution in [1.82, 2.24) is 14.7 Å². The van der Waals surface area contributed by atoms with Gasteiger partial charge in [0.1, 0.15) is 0 Å². The van der Waals surface area contributed by atoms with E-state index >= 15 is 0 Å². The fourth-order valence-electron chi connectivity index (χ4n) is 5.33. The van der Waals surface area contributed by atoms with Crippen molar-refractivity contribution in [3.05, 3.63) is 60.2 Å². The first kappa shape index (κ1) is 24.5. The van der Waals surface area contributed by atoms with Crippen LogP contribution in [0.2, 0.25) is 0 Å². The summed E-state index contributed by atoms with van der Waals surface area (Å²) in [4.78, 5) is 32.4. The van der Waals surface area contributed by atoms with Crippen LogP contribution in [0.3, 0.4) is 0 Å². The van der Waals surface area contributed by atoms with Crippen molar-refractivity contribution in [2.45, 2.75) is 51.5 Å². The number of rotatable bonds is 9. The van der Waals surface area contributed by atoms with E-state index in [2.05, 4.69) is 24.0 Å². The normalized spacial score (nSPS) is 20.6. The molecule has 2 amide bonds. The standard InChI is InChI=1S/C29H39N3O2/c1-3-4-8-17-31-18-15-23(21-31)20-28(33)32-19-16-27(22-32)30(2)29(34)26-13-11-25(12-14-26)24-9-6-5-7-10-24/h5-7,9-14,23,27H,3-4,8,15-22H2,1-2H3/t23?,27-/m0/s1. The Bertz CT molecular complexity index is 944. The van der Waals surface area contributed by atoms with Crippen molar-refractivity contribution in [1.29, 1.82) is 0 Å². The molecular weight excluding hydrogens is 422 g/mol. The highest BCUT2D eigenvalue weighted by Gasteiger charge is 2.33. The molecule has 2 aromatic carbocycles. The van der Waals surface area contributed by atoms with Gasteiger partial charge in [0.25, 0.3) is 5.91 Å². The molecule has 2 aromatic rings. The van der Waals surface area contributed by atoms with Crippen LogP contribution in [0.25, 0.3) is 11.1 Å². The molecule has 0 aromatic heterocycles. The predicted molar refractivity (Wildman–Crippen MR) is 138 cm³/mol. The molecule has 5 heteroatoms. The van der Waals surface area contributed by atoms with Gasteiger partial charge in [-0.2, -0.15) is 0 Å². The van der Waals surface area contributed by atoms with Gasteiger partial charge < -0.3 is 14.7 Å². The summed E-state index contributed by atoms with van der Waals surface area (Å²) in [6, 6.07) is 18.1. The van der Waals surface area contributed by atoms with E-state index < -0.39 is 0 Å². The van der Waals surface area contributed by atoms with Crippen molar-refractivity contribution in [3.8, 4) is 11.1 Å². The molecule has 2 fully saturated rings. The van der Waals surface area contributed by atoms with Crippen molar-refractivity contribution in [2.24, 2.45) is 5.92 Å². The lowest BCUT2D eigenvalue weighted by atomic mass is 10.0. The van der Waals surface area contributed by atoms with E-state index in [4.69, 9.17) is 0 Å². The van der Waals surface area contributed by atoms with E-state index in [0.717, 1.165) is 43.6 Å². The van der Waals surface area contributed by atoms with Crippen molar-refractivity contribution in [3.63, 3.8) is 0 Å². The van der Waals surface area contributed by atoms with Gasteiger partial charge in [0.15, 0.2) is 0 Å². The summed E-state index contributed by atoms with van der Waals surface area (Å²) in [5.74, 6) is 0.768. The number of carbonyl (C=O) groups excluding carboxylic acids is 2. The van der Waals surface area contributed by atoms with E-state index in [1.54, 1.807) is 0 Å². The SMILES string of the molecule is CCCCCN1CCC(CC(=O)N2CC[C@H](N(C)C(=O)c3ccc(-c4ccccc4)cc3)C2)C1. The lowest BCUT2D eigenvalue weighted by Gasteiger charge is -2.25. The Kier molecular flexibility index (Phi) is 8.39. The Morgan fingerprint density at radius 2 is 1.65 bits per heavy atom. The number of amides is 2. The highest BCUT2D eigenvalue weighted by atomic mass is 16.2. The number of hydrogen-bond acceptors (Lipinski definition) is 3. The molecule has 2 aliphatic heterocycles. The Labute approximate surface area is 204 Å². The van der Waals surface area contributed by atoms with E-state index in [9.17, 15) is 9.59 Å². The smallest absolute Gasteiger partial charge is 0.253 e. The van der Waals surface area contributed by atoms with Crippen LogP contribution in [0.4, 0.5) is 0 Å². The first-order chi connectivity index (χ1) is 16.5. The Balaban J connectivity index is 1.25. The molecule has 0 radical (unpaired) electrons. The van der Waals surface area contributed by atoms with Gasteiger partial charge in [-0.1, -0.05) is 62.2 Å². The first-order valence-corrected chi connectivity index (χ1v) is 13.0. The summed E-state index contributed by atoms with van der Waals surface area (Å²) in [5.41, 5.74) is 2.94. The van der Waals surface area contributed by atoms with Crippen LogP contribution in [-0.4, -0.2) is 72.3 Å². The second-order valence-electron chi connectivity index (χ2n) is 10.0. The second kappa shape index (κ2) is 11.7. The van der Waals surface area contributed by atoms with Crippen LogP contribution < -0.4 is 0 Å². The molecule has 0 N–H and O–H groups in total. The monoisotopic (exact) mass is 461 g/mol. The van der Waals surface area contributed by atoms with Crippen LogP contribution in [-0.2, 0) is 4.79 Å². The minimum absolute atomic E-state index is 0.0254. The molecule has 2 saturated heterocycles. The van der Waals surface area contributed by atoms with Crippen LogP contribution in [0.5, 0.6) is 0 Å². The molecule has 0 spiro atoms. The van der Waals surface area contributed by atoms with Crippen molar-refractivity contribution in [2.75, 3.05) is 39.8 Å². The third kappa shape index (κ3) is 6.06. The Morgan fingerprint density at radius 3 is 2.38 bits per heavy atom. The van der Waals surface area contributed by atoms with Gasteiger partial charge in [-0.3, -0.25) is 9.59 Å². The Morgan fingerprint density at radius 1 is 0.912 bits per heavy atom. The van der Waals surface area contributed by atoms with Gasteiger partial charge in [0, 0.05) is 38.7 Å². The maximum Gasteiger partial charge on any atom is 0.253 e. The number of likely N-dealkylation sites (tertiary alicyclic amines) is 2. The largest absolute Gasteiger partial charge is 0.341 e. The van der Waals surface area contributed by atoms with Crippen LogP contribution >= 0.6 is 0 Å². The number of likely N-dealkylation sites (N-methyl/N-ethyl adjacent to an activating group) is 1. The summed E-state index contributed by atoms with van der Waals surface area (Å²) < 4.78 is 0. The topological polar surface area (TPSA) is 43.9 Å². The molecule has 2 atom stereocenters. The fraction of sp³-hybridized carbons (Fsp3) is 0.517. The summed E-state index contributed by atoms with van der Waals surface area (Å²) in [6.07, 6.45) is 6.44. The molecule has 34 heavy (non-hydrogen) atoms. The van der Waals surface area contributed by atoms with E-state index in [0.29, 0.717) is 24.4 Å². The lowest BCUT2D eigenvalue weighted by molar-refractivity contribution is -0.131. The van der Waals surface area contributed by atoms with Gasteiger partial charge >= 0.3 is 0 Å². The van der Waals surface area contributed by atoms with Crippen molar-refractivity contribution < 1.29 is 9.59 Å². The van der Waals surface area contributed by atoms with Gasteiger partial charge in [-0.05, 0) is 61.5 Å². The molecule has 182 valence electrons. The molecule has 0 saturated carbocycles. The number of unbranched alkanes of at least 4 members (excludes halogenated alkanes) is 2. The highest BCUT2D eigenvalue weighted by molar-refractivity contribution is 5.95. The minimum Gasteiger partial charge on any atom is -0.341 e. The molecule has 2 aliphatic rings. The number of hydrogen-bond donors (Lipinski definition) is 0. The van der Waals surface area contributed by atoms with Gasteiger partial charge in [-0.15, -0.1) is 0 Å². The summed E-state index contributed by atoms with van der Waals surface area (Å²) in [6.45, 7) is 7.00. The second-order valence-corrected chi connectivity index (χ2v) is 10.0. The molecular formula is C29H39N3O2. The summed E-state index contributed by atoms with van der Waals surface area (Å²) in [5, 5.41) is 0.